The van der Waals surface area contributed by atoms with Crippen molar-refractivity contribution in [2.45, 2.75) is 52.6 Å². The van der Waals surface area contributed by atoms with Crippen LogP contribution in [0.15, 0.2) is 93.3 Å². The Morgan fingerprint density at radius 2 is 0.833 bits per heavy atom. The molecular formula is C44H34Cl8N8O6. The van der Waals surface area contributed by atoms with Gasteiger partial charge in [-0.15, -0.1) is 0 Å². The number of benzene rings is 5. The quantitative estimate of drug-likeness (QED) is 0.0430. The van der Waals surface area contributed by atoms with Gasteiger partial charge in [-0.05, 0) is 111 Å². The minimum absolute atomic E-state index is 0.0286. The zero-order valence-electron chi connectivity index (χ0n) is 34.8. The van der Waals surface area contributed by atoms with Crippen molar-refractivity contribution in [1.82, 2.24) is 0 Å². The van der Waals surface area contributed by atoms with Crippen molar-refractivity contribution in [3.05, 3.63) is 135 Å². The fourth-order valence-electron chi connectivity index (χ4n) is 5.97. The number of ketones is 2. The number of Topliss-reactive ketones (excluding diaryl/α,β-unsaturated/α-hetero) is 2. The largest absolute Gasteiger partial charge is 0.323 e. The second-order valence-electron chi connectivity index (χ2n) is 14.0. The lowest BCUT2D eigenvalue weighted by Crippen LogP contribution is -2.33. The number of carbonyl (C=O) groups excluding carboxylic acids is 6. The summed E-state index contributed by atoms with van der Waals surface area (Å²) >= 11 is 49.4. The summed E-state index contributed by atoms with van der Waals surface area (Å²) in [5.74, 6) is -4.25. The van der Waals surface area contributed by atoms with E-state index in [-0.39, 0.29) is 74.1 Å². The fraction of sp³-hybridized carbons (Fsp3) is 0.182. The first kappa shape index (κ1) is 51.8. The van der Waals surface area contributed by atoms with Gasteiger partial charge in [-0.3, -0.25) is 28.8 Å². The Balaban J connectivity index is 1.31. The van der Waals surface area contributed by atoms with Crippen molar-refractivity contribution in [1.29, 1.82) is 0 Å². The lowest BCUT2D eigenvalue weighted by Gasteiger charge is -2.18. The van der Waals surface area contributed by atoms with Crippen molar-refractivity contribution in [3.63, 3.8) is 0 Å². The van der Waals surface area contributed by atoms with Crippen LogP contribution in [0.4, 0.5) is 34.1 Å². The van der Waals surface area contributed by atoms with Crippen LogP contribution in [0.5, 0.6) is 0 Å². The molecule has 66 heavy (non-hydrogen) atoms. The van der Waals surface area contributed by atoms with Crippen LogP contribution in [-0.2, 0) is 32.0 Å². The van der Waals surface area contributed by atoms with Crippen molar-refractivity contribution in [3.8, 4) is 0 Å². The minimum Gasteiger partial charge on any atom is -0.323 e. The molecule has 5 aromatic rings. The Labute approximate surface area is 417 Å². The summed E-state index contributed by atoms with van der Waals surface area (Å²) in [4.78, 5) is 79.0. The Morgan fingerprint density at radius 3 is 1.17 bits per heavy atom. The van der Waals surface area contributed by atoms with Gasteiger partial charge in [0.15, 0.2) is 11.6 Å². The number of halogens is 8. The zero-order chi connectivity index (χ0) is 48.6. The van der Waals surface area contributed by atoms with Crippen molar-refractivity contribution >= 4 is 162 Å². The molecule has 0 saturated carbocycles. The smallest absolute Gasteiger partial charge is 0.258 e. The van der Waals surface area contributed by atoms with Crippen molar-refractivity contribution < 1.29 is 28.8 Å². The summed E-state index contributed by atoms with van der Waals surface area (Å²) in [6.07, 6.45) is 0.714. The Hall–Kier alpha value is -5.16. The molecule has 4 amide bonds. The van der Waals surface area contributed by atoms with Gasteiger partial charge in [0.25, 0.3) is 23.6 Å². The summed E-state index contributed by atoms with van der Waals surface area (Å²) in [5, 5.41) is 27.7. The lowest BCUT2D eigenvalue weighted by molar-refractivity contribution is -0.127. The molecule has 14 nitrogen and oxygen atoms in total. The Morgan fingerprint density at radius 1 is 0.470 bits per heavy atom. The summed E-state index contributed by atoms with van der Waals surface area (Å²) in [6, 6.07) is 13.9. The standard InChI is InChI=1S/C44H34Cl8N8O6/c1-5-21-11-34(54-44(66)40(20(4)62)60-58-26-8-10-30(48)28(18-26)42(64)56-36-16-24(46)14-32(50)38(36)52)22(6-2)12-33(21)53-43(65)39(19(3)61)59-57-25-7-9-29(47)27(17-25)41(63)55-35-15-23(45)13-31(49)37(35)51/h7-18,39-40H,5-6H2,1-4H3,(H,53,65)(H,54,66)(H,55,63)(H,56,64). The first-order valence-electron chi connectivity index (χ1n) is 19.3. The molecule has 0 radical (unpaired) electrons. The van der Waals surface area contributed by atoms with Gasteiger partial charge in [0.2, 0.25) is 12.1 Å². The summed E-state index contributed by atoms with van der Waals surface area (Å²) in [7, 11) is 0. The molecule has 0 saturated heterocycles. The van der Waals surface area contributed by atoms with Gasteiger partial charge in [0.1, 0.15) is 0 Å². The highest BCUT2D eigenvalue weighted by Gasteiger charge is 2.27. The molecule has 2 unspecified atom stereocenters. The molecule has 0 spiro atoms. The van der Waals surface area contributed by atoms with Crippen LogP contribution in [0.25, 0.3) is 0 Å². The molecule has 2 atom stereocenters. The first-order chi connectivity index (χ1) is 31.2. The SMILES string of the molecule is CCc1cc(NC(=O)C(N=Nc2ccc(Cl)c(C(=O)Nc3cc(Cl)cc(Cl)c3Cl)c2)C(C)=O)c(CC)cc1NC(=O)C(N=Nc1ccc(Cl)c(C(=O)Nc2cc(Cl)cc(Cl)c2Cl)c1)C(C)=O. The second-order valence-corrected chi connectivity index (χ2v) is 17.3. The van der Waals surface area contributed by atoms with Gasteiger partial charge < -0.3 is 21.3 Å². The van der Waals surface area contributed by atoms with Crippen LogP contribution in [-0.4, -0.2) is 47.3 Å². The maximum atomic E-state index is 13.6. The fourth-order valence-corrected chi connectivity index (χ4v) is 7.67. The van der Waals surface area contributed by atoms with E-state index < -0.39 is 47.3 Å². The van der Waals surface area contributed by atoms with E-state index in [0.29, 0.717) is 35.3 Å². The third-order valence-corrected chi connectivity index (χ3v) is 12.0. The average molecular weight is 1050 g/mol. The predicted octanol–water partition coefficient (Wildman–Crippen LogP) is 13.9. The summed E-state index contributed by atoms with van der Waals surface area (Å²) in [5.41, 5.74) is 2.17. The number of azo groups is 2. The molecule has 0 aromatic heterocycles. The summed E-state index contributed by atoms with van der Waals surface area (Å²) < 4.78 is 0. The molecule has 0 aliphatic rings. The molecule has 22 heteroatoms. The number of rotatable bonds is 16. The topological polar surface area (TPSA) is 200 Å². The molecule has 0 aliphatic carbocycles. The Kier molecular flexibility index (Phi) is 18.1. The lowest BCUT2D eigenvalue weighted by atomic mass is 10.0. The number of aryl methyl sites for hydroxylation is 2. The number of carbonyl (C=O) groups is 6. The maximum absolute atomic E-state index is 13.6. The third-order valence-electron chi connectivity index (χ3n) is 9.32. The second kappa shape index (κ2) is 23.0. The van der Waals surface area contributed by atoms with Crippen LogP contribution in [0.1, 0.15) is 59.5 Å². The van der Waals surface area contributed by atoms with Crippen LogP contribution < -0.4 is 21.3 Å². The van der Waals surface area contributed by atoms with Crippen LogP contribution >= 0.6 is 92.8 Å². The highest BCUT2D eigenvalue weighted by molar-refractivity contribution is 6.46. The summed E-state index contributed by atoms with van der Waals surface area (Å²) in [6.45, 7) is 5.95. The molecule has 342 valence electrons. The van der Waals surface area contributed by atoms with Gasteiger partial charge in [-0.2, -0.15) is 20.5 Å². The van der Waals surface area contributed by atoms with Gasteiger partial charge in [0.05, 0.1) is 64.0 Å². The number of amides is 4. The van der Waals surface area contributed by atoms with Gasteiger partial charge in [-0.1, -0.05) is 107 Å². The van der Waals surface area contributed by atoms with Gasteiger partial charge in [-0.25, -0.2) is 0 Å². The van der Waals surface area contributed by atoms with Crippen LogP contribution in [0.2, 0.25) is 40.2 Å². The number of hydrogen-bond donors (Lipinski definition) is 4. The van der Waals surface area contributed by atoms with Crippen LogP contribution in [0, 0.1) is 0 Å². The number of nitrogens with one attached hydrogen (secondary N) is 4. The number of nitrogens with zero attached hydrogens (tertiary/aromatic N) is 4. The monoisotopic (exact) mass is 1050 g/mol. The third kappa shape index (κ3) is 13.0. The highest BCUT2D eigenvalue weighted by Crippen LogP contribution is 2.36. The van der Waals surface area contributed by atoms with E-state index in [0.717, 1.165) is 0 Å². The van der Waals surface area contributed by atoms with E-state index in [4.69, 9.17) is 92.8 Å². The van der Waals surface area contributed by atoms with Gasteiger partial charge in [0, 0.05) is 21.4 Å². The van der Waals surface area contributed by atoms with Gasteiger partial charge >= 0.3 is 0 Å². The highest BCUT2D eigenvalue weighted by atomic mass is 35.5. The molecular weight excluding hydrogens is 1020 g/mol. The molecule has 0 aliphatic heterocycles. The van der Waals surface area contributed by atoms with E-state index in [1.807, 2.05) is 0 Å². The maximum Gasteiger partial charge on any atom is 0.258 e. The number of hydrogen-bond acceptors (Lipinski definition) is 10. The van der Waals surface area contributed by atoms with E-state index >= 15 is 0 Å². The molecule has 5 rings (SSSR count). The zero-order valence-corrected chi connectivity index (χ0v) is 40.8. The van der Waals surface area contributed by atoms with E-state index in [2.05, 4.69) is 41.7 Å². The average Bonchev–Trinajstić information content (AvgIpc) is 3.25. The first-order valence-corrected chi connectivity index (χ1v) is 22.3. The van der Waals surface area contributed by atoms with E-state index in [9.17, 15) is 28.8 Å². The van der Waals surface area contributed by atoms with Crippen LogP contribution in [0.3, 0.4) is 0 Å². The van der Waals surface area contributed by atoms with E-state index in [1.54, 1.807) is 26.0 Å². The Bertz CT molecular complexity index is 2670. The molecule has 4 N–H and O–H groups in total. The van der Waals surface area contributed by atoms with Crippen molar-refractivity contribution in [2.75, 3.05) is 21.3 Å². The normalized spacial score (nSPS) is 12.2. The molecule has 5 aromatic carbocycles. The minimum atomic E-state index is -1.60. The van der Waals surface area contributed by atoms with Crippen molar-refractivity contribution in [2.24, 2.45) is 20.5 Å². The molecule has 0 fully saturated rings. The predicted molar refractivity (Wildman–Crippen MR) is 262 cm³/mol. The van der Waals surface area contributed by atoms with E-state index in [1.165, 1.54) is 74.5 Å². The molecule has 0 heterocycles. The number of anilines is 4. The molecule has 0 bridgehead atoms.